The minimum Gasteiger partial charge on any atom is -0.501 e. The molecule has 0 unspecified atom stereocenters. The Morgan fingerprint density at radius 1 is 1.31 bits per heavy atom. The fourth-order valence-corrected chi connectivity index (χ4v) is 4.10. The number of anilines is 1. The average Bonchev–Trinajstić information content (AvgIpc) is 3.47. The second kappa shape index (κ2) is 9.46. The fraction of sp³-hybridized carbons (Fsp3) is 0.250. The molecule has 4 aromatic rings. The van der Waals surface area contributed by atoms with E-state index in [4.69, 9.17) is 0 Å². The zero-order valence-electron chi connectivity index (χ0n) is 19.9. The van der Waals surface area contributed by atoms with Crippen molar-refractivity contribution in [1.82, 2.24) is 24.5 Å². The molecule has 2 atom stereocenters. The lowest BCUT2D eigenvalue weighted by atomic mass is 9.81. The van der Waals surface area contributed by atoms with E-state index in [2.05, 4.69) is 31.1 Å². The van der Waals surface area contributed by atoms with Gasteiger partial charge in [-0.1, -0.05) is 12.1 Å². The topological polar surface area (TPSA) is 152 Å². The first-order valence-corrected chi connectivity index (χ1v) is 10.8. The number of nitriles is 1. The van der Waals surface area contributed by atoms with Crippen LogP contribution < -0.4 is 10.9 Å². The molecule has 0 saturated carbocycles. The summed E-state index contributed by atoms with van der Waals surface area (Å²) in [5.74, 6) is -3.52. The molecule has 0 aliphatic heterocycles. The number of hydrogen-bond donors (Lipinski definition) is 2. The van der Waals surface area contributed by atoms with Gasteiger partial charge in [-0.3, -0.25) is 18.8 Å². The van der Waals surface area contributed by atoms with E-state index >= 15 is 0 Å². The first kappa shape index (κ1) is 24.3. The zero-order chi connectivity index (χ0) is 26.1. The van der Waals surface area contributed by atoms with Crippen molar-refractivity contribution in [2.45, 2.75) is 25.7 Å². The van der Waals surface area contributed by atoms with Crippen LogP contribution in [0, 0.1) is 24.1 Å². The van der Waals surface area contributed by atoms with Crippen molar-refractivity contribution in [1.29, 1.82) is 5.26 Å². The van der Waals surface area contributed by atoms with Crippen LogP contribution in [-0.2, 0) is 14.1 Å². The third-order valence-corrected chi connectivity index (χ3v) is 6.03. The summed E-state index contributed by atoms with van der Waals surface area (Å²) >= 11 is 0. The number of aromatic hydroxyl groups is 1. The van der Waals surface area contributed by atoms with E-state index in [1.807, 2.05) is 6.92 Å². The van der Waals surface area contributed by atoms with E-state index in [9.17, 15) is 24.3 Å². The number of halogens is 1. The molecule has 11 nitrogen and oxygen atoms in total. The van der Waals surface area contributed by atoms with Gasteiger partial charge in [-0.15, -0.1) is 0 Å². The van der Waals surface area contributed by atoms with Gasteiger partial charge >= 0.3 is 0 Å². The van der Waals surface area contributed by atoms with Crippen LogP contribution >= 0.6 is 0 Å². The summed E-state index contributed by atoms with van der Waals surface area (Å²) in [6, 6.07) is 7.70. The van der Waals surface area contributed by atoms with Crippen LogP contribution in [-0.4, -0.2) is 35.5 Å². The highest BCUT2D eigenvalue weighted by Gasteiger charge is 2.32. The third-order valence-electron chi connectivity index (χ3n) is 6.03. The number of carbonyl (C=O) groups excluding carboxylic acids is 1. The predicted octanol–water partition coefficient (Wildman–Crippen LogP) is 2.71. The molecule has 0 aliphatic carbocycles. The molecule has 12 heteroatoms. The van der Waals surface area contributed by atoms with Crippen LogP contribution in [0.4, 0.5) is 10.1 Å². The molecular formula is C24H22FN7O4. The van der Waals surface area contributed by atoms with Crippen molar-refractivity contribution in [3.8, 4) is 11.8 Å². The van der Waals surface area contributed by atoms with Crippen molar-refractivity contribution >= 4 is 11.6 Å². The van der Waals surface area contributed by atoms with Crippen LogP contribution in [0.3, 0.4) is 0 Å². The lowest BCUT2D eigenvalue weighted by Crippen LogP contribution is -2.29. The van der Waals surface area contributed by atoms with Gasteiger partial charge in [0.1, 0.15) is 23.6 Å². The summed E-state index contributed by atoms with van der Waals surface area (Å²) in [6.07, 6.45) is 2.42. The predicted molar refractivity (Wildman–Crippen MR) is 125 cm³/mol. The molecule has 184 valence electrons. The molecule has 0 radical (unpaired) electrons. The Hall–Kier alpha value is -4.79. The average molecular weight is 491 g/mol. The summed E-state index contributed by atoms with van der Waals surface area (Å²) in [4.78, 5) is 30.0. The summed E-state index contributed by atoms with van der Waals surface area (Å²) < 4.78 is 21.8. The summed E-state index contributed by atoms with van der Waals surface area (Å²) in [5.41, 5.74) is 0.763. The van der Waals surface area contributed by atoms with Gasteiger partial charge in [0.05, 0.1) is 23.5 Å². The molecule has 0 fully saturated rings. The van der Waals surface area contributed by atoms with E-state index in [-0.39, 0.29) is 17.1 Å². The number of nitrogens with one attached hydrogen (secondary N) is 1. The normalized spacial score (nSPS) is 12.7. The van der Waals surface area contributed by atoms with Crippen LogP contribution in [0.5, 0.6) is 5.75 Å². The monoisotopic (exact) mass is 491 g/mol. The quantitative estimate of drug-likeness (QED) is 0.418. The van der Waals surface area contributed by atoms with Gasteiger partial charge in [-0.2, -0.15) is 10.4 Å². The number of aryl methyl sites for hydroxylation is 2. The standard InChI is InChI=1S/C24H22FN7O4/c1-12-7-18(30-32(12)4)19(17-8-15(25)6-5-14(17)9-26)13(2)22-29-20(21(33)24(35)31(22)3)23(34)28-16-10-27-36-11-16/h5-8,10-11,13,19,33H,1-4H3,(H,28,34)/t13-,19-/m0/s1. The highest BCUT2D eigenvalue weighted by molar-refractivity contribution is 6.04. The van der Waals surface area contributed by atoms with Crippen molar-refractivity contribution in [2.24, 2.45) is 14.1 Å². The Labute approximate surface area is 204 Å². The maximum Gasteiger partial charge on any atom is 0.296 e. The van der Waals surface area contributed by atoms with Crippen molar-refractivity contribution in [3.63, 3.8) is 0 Å². The summed E-state index contributed by atoms with van der Waals surface area (Å²) in [7, 11) is 3.15. The molecule has 3 heterocycles. The van der Waals surface area contributed by atoms with E-state index in [1.165, 1.54) is 37.7 Å². The molecule has 3 aromatic heterocycles. The lowest BCUT2D eigenvalue weighted by Gasteiger charge is -2.25. The molecule has 0 spiro atoms. The van der Waals surface area contributed by atoms with E-state index in [0.717, 1.165) is 10.3 Å². The first-order valence-electron chi connectivity index (χ1n) is 10.8. The van der Waals surface area contributed by atoms with Crippen molar-refractivity contribution < 1.29 is 18.8 Å². The number of amides is 1. The molecular weight excluding hydrogens is 469 g/mol. The van der Waals surface area contributed by atoms with Gasteiger partial charge < -0.3 is 14.9 Å². The van der Waals surface area contributed by atoms with Crippen LogP contribution in [0.25, 0.3) is 0 Å². The number of aromatic nitrogens is 5. The Balaban J connectivity index is 1.89. The molecule has 0 bridgehead atoms. The Kier molecular flexibility index (Phi) is 6.39. The van der Waals surface area contributed by atoms with Gasteiger partial charge in [0.15, 0.2) is 5.69 Å². The Morgan fingerprint density at radius 3 is 2.67 bits per heavy atom. The fourth-order valence-electron chi connectivity index (χ4n) is 4.10. The van der Waals surface area contributed by atoms with E-state index in [1.54, 1.807) is 24.7 Å². The summed E-state index contributed by atoms with van der Waals surface area (Å²) in [6.45, 7) is 3.57. The number of hydrogen-bond acceptors (Lipinski definition) is 8. The second-order valence-corrected chi connectivity index (χ2v) is 8.34. The van der Waals surface area contributed by atoms with Gasteiger partial charge in [-0.25, -0.2) is 9.37 Å². The minimum absolute atomic E-state index is 0.120. The second-order valence-electron chi connectivity index (χ2n) is 8.34. The highest BCUT2D eigenvalue weighted by atomic mass is 19.1. The van der Waals surface area contributed by atoms with E-state index < -0.39 is 40.6 Å². The van der Waals surface area contributed by atoms with Crippen LogP contribution in [0.15, 0.2) is 46.0 Å². The smallest absolute Gasteiger partial charge is 0.296 e. The van der Waals surface area contributed by atoms with Gasteiger partial charge in [-0.05, 0) is 36.8 Å². The van der Waals surface area contributed by atoms with Crippen molar-refractivity contribution in [2.75, 3.05) is 5.32 Å². The van der Waals surface area contributed by atoms with Crippen molar-refractivity contribution in [3.05, 3.63) is 86.9 Å². The zero-order valence-corrected chi connectivity index (χ0v) is 19.9. The molecule has 0 aliphatic rings. The molecule has 1 amide bonds. The molecule has 0 saturated heterocycles. The SMILES string of the molecule is Cc1cc([C@H](c2cc(F)ccc2C#N)[C@H](C)c2nc(C(=O)Nc3cnoc3)c(O)c(=O)n2C)nn1C. The van der Waals surface area contributed by atoms with Crippen LogP contribution in [0.1, 0.15) is 57.6 Å². The molecule has 1 aromatic carbocycles. The number of nitrogens with zero attached hydrogens (tertiary/aromatic N) is 6. The largest absolute Gasteiger partial charge is 0.501 e. The van der Waals surface area contributed by atoms with Gasteiger partial charge in [0.2, 0.25) is 5.75 Å². The Bertz CT molecular complexity index is 1530. The molecule has 36 heavy (non-hydrogen) atoms. The first-order chi connectivity index (χ1) is 17.1. The van der Waals surface area contributed by atoms with Crippen LogP contribution in [0.2, 0.25) is 0 Å². The maximum atomic E-state index is 14.4. The molecule has 2 N–H and O–H groups in total. The third kappa shape index (κ3) is 4.34. The lowest BCUT2D eigenvalue weighted by molar-refractivity contribution is 0.101. The number of rotatable bonds is 6. The number of carbonyl (C=O) groups is 1. The van der Waals surface area contributed by atoms with Gasteiger partial charge in [0.25, 0.3) is 11.5 Å². The Morgan fingerprint density at radius 2 is 2.06 bits per heavy atom. The number of benzene rings is 1. The van der Waals surface area contributed by atoms with Gasteiger partial charge in [0, 0.05) is 31.6 Å². The van der Waals surface area contributed by atoms with E-state index in [0.29, 0.717) is 11.3 Å². The summed E-state index contributed by atoms with van der Waals surface area (Å²) in [5, 5.41) is 30.6. The maximum absolute atomic E-state index is 14.4. The molecule has 4 rings (SSSR count). The highest BCUT2D eigenvalue weighted by Crippen LogP contribution is 2.39. The minimum atomic E-state index is -0.851.